The van der Waals surface area contributed by atoms with Gasteiger partial charge in [-0.1, -0.05) is 38.5 Å². The van der Waals surface area contributed by atoms with Crippen LogP contribution in [0.2, 0.25) is 0 Å². The van der Waals surface area contributed by atoms with Crippen molar-refractivity contribution in [3.8, 4) is 0 Å². The maximum atomic E-state index is 11.6. The fourth-order valence-corrected chi connectivity index (χ4v) is 3.10. The van der Waals surface area contributed by atoms with Gasteiger partial charge in [-0.15, -0.1) is 0 Å². The Morgan fingerprint density at radius 2 is 2.05 bits per heavy atom. The molecule has 19 heavy (non-hydrogen) atoms. The summed E-state index contributed by atoms with van der Waals surface area (Å²) in [5.41, 5.74) is 0. The van der Waals surface area contributed by atoms with E-state index >= 15 is 0 Å². The molecule has 2 rings (SSSR count). The molecule has 0 spiro atoms. The third kappa shape index (κ3) is 5.14. The SMILES string of the molecule is Cc1nsc(NC(=O)NCCC2CCCCCC2)n1. The number of aromatic nitrogens is 2. The van der Waals surface area contributed by atoms with Gasteiger partial charge < -0.3 is 5.32 Å². The van der Waals surface area contributed by atoms with Crippen molar-refractivity contribution in [1.82, 2.24) is 14.7 Å². The molecule has 0 saturated heterocycles. The Bertz CT molecular complexity index is 399. The first-order chi connectivity index (χ1) is 9.24. The molecule has 106 valence electrons. The minimum atomic E-state index is -0.176. The largest absolute Gasteiger partial charge is 0.338 e. The van der Waals surface area contributed by atoms with Gasteiger partial charge in [0, 0.05) is 18.1 Å². The summed E-state index contributed by atoms with van der Waals surface area (Å²) in [6.07, 6.45) is 9.17. The molecule has 1 aliphatic carbocycles. The Hall–Kier alpha value is -1.17. The van der Waals surface area contributed by atoms with E-state index in [1.54, 1.807) is 0 Å². The van der Waals surface area contributed by atoms with Gasteiger partial charge >= 0.3 is 6.03 Å². The molecule has 2 amide bonds. The lowest BCUT2D eigenvalue weighted by Gasteiger charge is -2.13. The van der Waals surface area contributed by atoms with Gasteiger partial charge in [-0.25, -0.2) is 9.78 Å². The average Bonchev–Trinajstić information content (AvgIpc) is 2.65. The Morgan fingerprint density at radius 1 is 1.32 bits per heavy atom. The molecule has 0 bridgehead atoms. The van der Waals surface area contributed by atoms with E-state index in [1.165, 1.54) is 50.1 Å². The highest BCUT2D eigenvalue weighted by atomic mass is 32.1. The van der Waals surface area contributed by atoms with E-state index in [2.05, 4.69) is 20.0 Å². The van der Waals surface area contributed by atoms with Crippen LogP contribution in [-0.2, 0) is 0 Å². The molecule has 0 radical (unpaired) electrons. The number of amides is 2. The summed E-state index contributed by atoms with van der Waals surface area (Å²) in [6, 6.07) is -0.176. The third-order valence-corrected chi connectivity index (χ3v) is 4.28. The van der Waals surface area contributed by atoms with Crippen molar-refractivity contribution in [3.63, 3.8) is 0 Å². The normalized spacial score (nSPS) is 16.9. The molecule has 2 N–H and O–H groups in total. The van der Waals surface area contributed by atoms with Crippen molar-refractivity contribution in [3.05, 3.63) is 5.82 Å². The number of nitrogens with zero attached hydrogens (tertiary/aromatic N) is 2. The molecule has 1 aliphatic rings. The van der Waals surface area contributed by atoms with Crippen LogP contribution in [0, 0.1) is 12.8 Å². The average molecular weight is 282 g/mol. The Balaban J connectivity index is 1.63. The summed E-state index contributed by atoms with van der Waals surface area (Å²) in [4.78, 5) is 15.7. The number of nitrogens with one attached hydrogen (secondary N) is 2. The first-order valence-electron chi connectivity index (χ1n) is 7.09. The van der Waals surface area contributed by atoms with Gasteiger partial charge in [-0.3, -0.25) is 5.32 Å². The smallest absolute Gasteiger partial charge is 0.321 e. The fraction of sp³-hybridized carbons (Fsp3) is 0.769. The molecule has 1 saturated carbocycles. The molecule has 5 nitrogen and oxygen atoms in total. The molecule has 1 aromatic heterocycles. The number of carbonyl (C=O) groups is 1. The van der Waals surface area contributed by atoms with Crippen LogP contribution in [0.1, 0.15) is 50.8 Å². The summed E-state index contributed by atoms with van der Waals surface area (Å²) in [5, 5.41) is 6.16. The van der Waals surface area contributed by atoms with E-state index in [0.717, 1.165) is 18.9 Å². The molecule has 0 aromatic carbocycles. The van der Waals surface area contributed by atoms with Gasteiger partial charge in [0.15, 0.2) is 0 Å². The lowest BCUT2D eigenvalue weighted by molar-refractivity contribution is 0.251. The number of urea groups is 1. The van der Waals surface area contributed by atoms with Crippen LogP contribution in [0.25, 0.3) is 0 Å². The minimum absolute atomic E-state index is 0.176. The van der Waals surface area contributed by atoms with Crippen LogP contribution in [0.5, 0.6) is 0 Å². The van der Waals surface area contributed by atoms with E-state index in [4.69, 9.17) is 0 Å². The van der Waals surface area contributed by atoms with Crippen molar-refractivity contribution in [2.75, 3.05) is 11.9 Å². The van der Waals surface area contributed by atoms with Crippen molar-refractivity contribution < 1.29 is 4.79 Å². The van der Waals surface area contributed by atoms with Gasteiger partial charge in [-0.2, -0.15) is 4.37 Å². The molecule has 6 heteroatoms. The molecule has 1 heterocycles. The van der Waals surface area contributed by atoms with Crippen molar-refractivity contribution in [2.24, 2.45) is 5.92 Å². The van der Waals surface area contributed by atoms with Crippen LogP contribution >= 0.6 is 11.5 Å². The lowest BCUT2D eigenvalue weighted by atomic mass is 9.97. The van der Waals surface area contributed by atoms with Gasteiger partial charge in [-0.05, 0) is 19.3 Å². The first kappa shape index (κ1) is 14.2. The van der Waals surface area contributed by atoms with Gasteiger partial charge in [0.05, 0.1) is 0 Å². The number of hydrogen-bond donors (Lipinski definition) is 2. The standard InChI is InChI=1S/C13H22N4OS/c1-10-15-13(19-17-10)16-12(18)14-9-8-11-6-4-2-3-5-7-11/h11H,2-9H2,1H3,(H2,14,15,16,17,18). The maximum Gasteiger partial charge on any atom is 0.321 e. The van der Waals surface area contributed by atoms with Crippen molar-refractivity contribution >= 4 is 22.7 Å². The topological polar surface area (TPSA) is 66.9 Å². The zero-order chi connectivity index (χ0) is 13.5. The molecule has 0 aliphatic heterocycles. The van der Waals surface area contributed by atoms with Gasteiger partial charge in [0.1, 0.15) is 5.82 Å². The van der Waals surface area contributed by atoms with Gasteiger partial charge in [0.2, 0.25) is 5.13 Å². The molecule has 1 aromatic rings. The number of rotatable bonds is 4. The van der Waals surface area contributed by atoms with Gasteiger partial charge in [0.25, 0.3) is 0 Å². The molecule has 0 atom stereocenters. The summed E-state index contributed by atoms with van der Waals surface area (Å²) in [6.45, 7) is 2.56. The fourth-order valence-electron chi connectivity index (χ4n) is 2.53. The van der Waals surface area contributed by atoms with Crippen molar-refractivity contribution in [2.45, 2.75) is 51.9 Å². The number of aryl methyl sites for hydroxylation is 1. The molecular weight excluding hydrogens is 260 g/mol. The quantitative estimate of drug-likeness (QED) is 0.832. The maximum absolute atomic E-state index is 11.6. The first-order valence-corrected chi connectivity index (χ1v) is 7.86. The zero-order valence-corrected chi connectivity index (χ0v) is 12.3. The highest BCUT2D eigenvalue weighted by Gasteiger charge is 2.12. The summed E-state index contributed by atoms with van der Waals surface area (Å²) in [5.74, 6) is 1.48. The molecule has 0 unspecified atom stereocenters. The Kier molecular flexibility index (Phi) is 5.57. The van der Waals surface area contributed by atoms with E-state index in [9.17, 15) is 4.79 Å². The molecule has 1 fully saturated rings. The minimum Gasteiger partial charge on any atom is -0.338 e. The number of anilines is 1. The summed E-state index contributed by atoms with van der Waals surface area (Å²) < 4.78 is 4.02. The van der Waals surface area contributed by atoms with Crippen LogP contribution in [-0.4, -0.2) is 21.9 Å². The third-order valence-electron chi connectivity index (χ3n) is 3.56. The molecular formula is C13H22N4OS. The highest BCUT2D eigenvalue weighted by molar-refractivity contribution is 7.09. The van der Waals surface area contributed by atoms with Crippen LogP contribution < -0.4 is 10.6 Å². The van der Waals surface area contributed by atoms with Crippen LogP contribution in [0.15, 0.2) is 0 Å². The van der Waals surface area contributed by atoms with E-state index in [1.807, 2.05) is 6.92 Å². The Morgan fingerprint density at radius 3 is 2.68 bits per heavy atom. The number of hydrogen-bond acceptors (Lipinski definition) is 4. The lowest BCUT2D eigenvalue weighted by Crippen LogP contribution is -2.30. The van der Waals surface area contributed by atoms with E-state index < -0.39 is 0 Å². The predicted octanol–water partition coefficient (Wildman–Crippen LogP) is 3.33. The highest BCUT2D eigenvalue weighted by Crippen LogP contribution is 2.24. The Labute approximate surface area is 118 Å². The summed E-state index contributed by atoms with van der Waals surface area (Å²) >= 11 is 1.21. The zero-order valence-electron chi connectivity index (χ0n) is 11.4. The predicted molar refractivity (Wildman–Crippen MR) is 77.5 cm³/mol. The second kappa shape index (κ2) is 7.43. The van der Waals surface area contributed by atoms with Crippen LogP contribution in [0.3, 0.4) is 0 Å². The monoisotopic (exact) mass is 282 g/mol. The van der Waals surface area contributed by atoms with Crippen molar-refractivity contribution in [1.29, 1.82) is 0 Å². The van der Waals surface area contributed by atoms with E-state index in [-0.39, 0.29) is 6.03 Å². The number of carbonyl (C=O) groups excluding carboxylic acids is 1. The van der Waals surface area contributed by atoms with Crippen LogP contribution in [0.4, 0.5) is 9.93 Å². The summed E-state index contributed by atoms with van der Waals surface area (Å²) in [7, 11) is 0. The second-order valence-corrected chi connectivity index (χ2v) is 5.93. The van der Waals surface area contributed by atoms with E-state index in [0.29, 0.717) is 11.0 Å². The second-order valence-electron chi connectivity index (χ2n) is 5.17.